The van der Waals surface area contributed by atoms with Crippen LogP contribution in [0.5, 0.6) is 11.5 Å². The molecule has 2 heterocycles. The summed E-state index contributed by atoms with van der Waals surface area (Å²) in [4.78, 5) is 74.4. The van der Waals surface area contributed by atoms with Crippen LogP contribution in [0.25, 0.3) is 22.1 Å². The lowest BCUT2D eigenvalue weighted by molar-refractivity contribution is -0.254. The molecule has 0 amide bonds. The Labute approximate surface area is 255 Å². The number of carbonyl (C=O) groups excluding carboxylic acids is 5. The third kappa shape index (κ3) is 7.47. The van der Waals surface area contributed by atoms with Crippen LogP contribution in [0.4, 0.5) is 0 Å². The molecule has 14 heteroatoms. The number of benzene rings is 2. The van der Waals surface area contributed by atoms with E-state index in [1.165, 1.54) is 36.4 Å². The summed E-state index contributed by atoms with van der Waals surface area (Å²) in [5, 5.41) is 9.67. The topological polar surface area (TPSA) is 191 Å². The average Bonchev–Trinajstić information content (AvgIpc) is 2.94. The molecule has 0 radical (unpaired) electrons. The number of phenolic OH excluding ortho intramolecular Hbond substituents is 1. The summed E-state index contributed by atoms with van der Waals surface area (Å²) in [5.41, 5.74) is -0.170. The van der Waals surface area contributed by atoms with Gasteiger partial charge in [0.25, 0.3) is 0 Å². The predicted molar refractivity (Wildman–Crippen MR) is 152 cm³/mol. The lowest BCUT2D eigenvalue weighted by atomic mass is 9.89. The van der Waals surface area contributed by atoms with Crippen molar-refractivity contribution in [1.29, 1.82) is 0 Å². The normalized spacial score (nSPS) is 21.0. The van der Waals surface area contributed by atoms with Crippen molar-refractivity contribution >= 4 is 40.8 Å². The Morgan fingerprint density at radius 3 is 1.93 bits per heavy atom. The zero-order valence-corrected chi connectivity index (χ0v) is 24.9. The van der Waals surface area contributed by atoms with E-state index in [0.29, 0.717) is 5.56 Å². The van der Waals surface area contributed by atoms with Gasteiger partial charge in [-0.2, -0.15) is 0 Å². The molecule has 3 aromatic rings. The van der Waals surface area contributed by atoms with Crippen LogP contribution >= 0.6 is 0 Å². The van der Waals surface area contributed by atoms with Crippen molar-refractivity contribution in [2.24, 2.45) is 0 Å². The quantitative estimate of drug-likeness (QED) is 0.218. The molecule has 0 unspecified atom stereocenters. The number of carbonyl (C=O) groups is 5. The molecule has 0 saturated carbocycles. The molecule has 1 saturated heterocycles. The van der Waals surface area contributed by atoms with Gasteiger partial charge in [0.1, 0.15) is 42.2 Å². The fourth-order valence-corrected chi connectivity index (χ4v) is 5.02. The molecular formula is C31H30O14. The van der Waals surface area contributed by atoms with Crippen molar-refractivity contribution < 1.29 is 61.9 Å². The van der Waals surface area contributed by atoms with Gasteiger partial charge in [-0.05, 0) is 29.8 Å². The van der Waals surface area contributed by atoms with Gasteiger partial charge in [-0.1, -0.05) is 12.1 Å². The fourth-order valence-electron chi connectivity index (χ4n) is 5.02. The maximum atomic E-state index is 13.7. The minimum Gasteiger partial charge on any atom is -0.508 e. The van der Waals surface area contributed by atoms with Crippen LogP contribution in [-0.4, -0.2) is 66.0 Å². The largest absolute Gasteiger partial charge is 0.508 e. The monoisotopic (exact) mass is 626 g/mol. The molecule has 1 aromatic heterocycles. The summed E-state index contributed by atoms with van der Waals surface area (Å²) >= 11 is 0. The fraction of sp³-hybridized carbons (Fsp3) is 0.355. The van der Waals surface area contributed by atoms with Crippen LogP contribution in [0.2, 0.25) is 0 Å². The van der Waals surface area contributed by atoms with Crippen LogP contribution in [0.15, 0.2) is 51.9 Å². The standard InChI is InChI=1S/C31H30O14/c1-14(32)39-13-24-28(42-16(3)34)30(43-17(4)35)31(44-18(5)36)29(45-24)25-23(41-15(2)33)11-10-21-26(38)22(12-40-27(21)25)19-6-8-20(37)9-7-19/h6-12,24,28-31,37H,13H2,1-5H3/t24-,28-,29+,30+,31+/m1/s1. The van der Waals surface area contributed by atoms with Crippen molar-refractivity contribution in [3.8, 4) is 22.6 Å². The number of hydrogen-bond donors (Lipinski definition) is 1. The second-order valence-corrected chi connectivity index (χ2v) is 10.1. The van der Waals surface area contributed by atoms with Crippen LogP contribution in [0.1, 0.15) is 46.3 Å². The third-order valence-electron chi connectivity index (χ3n) is 6.65. The second-order valence-electron chi connectivity index (χ2n) is 10.1. The Bertz CT molecular complexity index is 1690. The number of esters is 5. The molecule has 14 nitrogen and oxygen atoms in total. The molecular weight excluding hydrogens is 596 g/mol. The molecule has 45 heavy (non-hydrogen) atoms. The zero-order chi connectivity index (χ0) is 33.0. The van der Waals surface area contributed by atoms with Gasteiger partial charge < -0.3 is 37.9 Å². The van der Waals surface area contributed by atoms with E-state index in [9.17, 15) is 33.9 Å². The van der Waals surface area contributed by atoms with E-state index < -0.39 is 72.4 Å². The third-order valence-corrected chi connectivity index (χ3v) is 6.65. The minimum absolute atomic E-state index is 0.000617. The number of hydrogen-bond acceptors (Lipinski definition) is 14. The molecule has 0 bridgehead atoms. The van der Waals surface area contributed by atoms with E-state index in [-0.39, 0.29) is 33.6 Å². The summed E-state index contributed by atoms with van der Waals surface area (Å²) in [6, 6.07) is 8.49. The van der Waals surface area contributed by atoms with Crippen molar-refractivity contribution in [3.05, 3.63) is 58.4 Å². The Kier molecular flexibility index (Phi) is 9.87. The van der Waals surface area contributed by atoms with Gasteiger partial charge in [0, 0.05) is 34.6 Å². The SMILES string of the molecule is CC(=O)OC[C@H]1O[C@@H](c2c(OC(C)=O)ccc3c(=O)c(-c4ccc(O)cc4)coc23)[C@H](OC(C)=O)[C@@H](OC(C)=O)[C@@H]1OC(C)=O. The van der Waals surface area contributed by atoms with Gasteiger partial charge in [-0.3, -0.25) is 28.8 Å². The van der Waals surface area contributed by atoms with Gasteiger partial charge in [0.2, 0.25) is 5.43 Å². The van der Waals surface area contributed by atoms with Gasteiger partial charge in [-0.25, -0.2) is 0 Å². The van der Waals surface area contributed by atoms with E-state index in [1.807, 2.05) is 0 Å². The number of aromatic hydroxyl groups is 1. The summed E-state index contributed by atoms with van der Waals surface area (Å²) < 4.78 is 39.3. The minimum atomic E-state index is -1.56. The first kappa shape index (κ1) is 32.7. The highest BCUT2D eigenvalue weighted by molar-refractivity contribution is 5.87. The molecule has 238 valence electrons. The summed E-state index contributed by atoms with van der Waals surface area (Å²) in [6.07, 6.45) is -6.20. The molecule has 1 fully saturated rings. The highest BCUT2D eigenvalue weighted by atomic mass is 16.7. The van der Waals surface area contributed by atoms with E-state index >= 15 is 0 Å². The summed E-state index contributed by atoms with van der Waals surface area (Å²) in [7, 11) is 0. The molecule has 0 spiro atoms. The van der Waals surface area contributed by atoms with E-state index in [0.717, 1.165) is 40.9 Å². The van der Waals surface area contributed by atoms with Crippen molar-refractivity contribution in [3.63, 3.8) is 0 Å². The Morgan fingerprint density at radius 2 is 1.36 bits per heavy atom. The van der Waals surface area contributed by atoms with E-state index in [2.05, 4.69) is 0 Å². The van der Waals surface area contributed by atoms with Crippen molar-refractivity contribution in [2.75, 3.05) is 6.61 Å². The molecule has 0 aliphatic carbocycles. The highest BCUT2D eigenvalue weighted by Gasteiger charge is 2.54. The van der Waals surface area contributed by atoms with Crippen molar-refractivity contribution in [1.82, 2.24) is 0 Å². The molecule has 1 N–H and O–H groups in total. The van der Waals surface area contributed by atoms with Gasteiger partial charge in [0.05, 0.1) is 16.5 Å². The smallest absolute Gasteiger partial charge is 0.308 e. The summed E-state index contributed by atoms with van der Waals surface area (Å²) in [5.74, 6) is -4.14. The van der Waals surface area contributed by atoms with Crippen LogP contribution in [-0.2, 0) is 47.7 Å². The average molecular weight is 627 g/mol. The highest BCUT2D eigenvalue weighted by Crippen LogP contribution is 2.44. The molecule has 5 atom stereocenters. The Morgan fingerprint density at radius 1 is 0.756 bits per heavy atom. The predicted octanol–water partition coefficient (Wildman–Crippen LogP) is 2.89. The maximum Gasteiger partial charge on any atom is 0.308 e. The number of phenols is 1. The lowest BCUT2D eigenvalue weighted by Crippen LogP contribution is -2.59. The first-order valence-corrected chi connectivity index (χ1v) is 13.6. The molecule has 4 rings (SSSR count). The van der Waals surface area contributed by atoms with Gasteiger partial charge in [0.15, 0.2) is 18.3 Å². The van der Waals surface area contributed by atoms with Crippen molar-refractivity contribution in [2.45, 2.75) is 65.1 Å². The Balaban J connectivity index is 1.99. The molecule has 1 aliphatic rings. The summed E-state index contributed by atoms with van der Waals surface area (Å²) in [6.45, 7) is 5.00. The first-order chi connectivity index (χ1) is 21.3. The van der Waals surface area contributed by atoms with Gasteiger partial charge in [-0.15, -0.1) is 0 Å². The number of fused-ring (bicyclic) bond motifs is 1. The lowest BCUT2D eigenvalue weighted by Gasteiger charge is -2.44. The first-order valence-electron chi connectivity index (χ1n) is 13.6. The number of ether oxygens (including phenoxy) is 6. The maximum absolute atomic E-state index is 13.7. The number of rotatable bonds is 8. The molecule has 1 aliphatic heterocycles. The van der Waals surface area contributed by atoms with Crippen LogP contribution < -0.4 is 10.2 Å². The Hall–Kier alpha value is -5.24. The van der Waals surface area contributed by atoms with Crippen LogP contribution in [0, 0.1) is 0 Å². The van der Waals surface area contributed by atoms with E-state index in [1.54, 1.807) is 0 Å². The zero-order valence-electron chi connectivity index (χ0n) is 24.9. The van der Waals surface area contributed by atoms with Crippen LogP contribution in [0.3, 0.4) is 0 Å². The van der Waals surface area contributed by atoms with Gasteiger partial charge >= 0.3 is 29.8 Å². The van der Waals surface area contributed by atoms with E-state index in [4.69, 9.17) is 32.8 Å². The molecule has 2 aromatic carbocycles. The second kappa shape index (κ2) is 13.6.